The molecule has 2 aliphatic rings. The van der Waals surface area contributed by atoms with E-state index >= 15 is 0 Å². The van der Waals surface area contributed by atoms with Crippen molar-refractivity contribution >= 4 is 11.3 Å². The van der Waals surface area contributed by atoms with Crippen molar-refractivity contribution in [3.05, 3.63) is 29.3 Å². The van der Waals surface area contributed by atoms with Crippen LogP contribution in [0.3, 0.4) is 0 Å². The highest BCUT2D eigenvalue weighted by molar-refractivity contribution is 7.13. The Morgan fingerprint density at radius 3 is 2.78 bits per heavy atom. The summed E-state index contributed by atoms with van der Waals surface area (Å²) < 4.78 is 16.6. The fraction of sp³-hybridized carbons (Fsp3) is 0.471. The second-order valence-corrected chi connectivity index (χ2v) is 7.02. The van der Waals surface area contributed by atoms with Gasteiger partial charge in [-0.25, -0.2) is 4.98 Å². The molecule has 0 amide bonds. The predicted molar refractivity (Wildman–Crippen MR) is 89.0 cm³/mol. The maximum atomic E-state index is 5.79. The highest BCUT2D eigenvalue weighted by Gasteiger charge is 2.23. The molecule has 0 radical (unpaired) electrons. The maximum absolute atomic E-state index is 5.79. The quantitative estimate of drug-likeness (QED) is 0.864. The molecule has 2 atom stereocenters. The van der Waals surface area contributed by atoms with Crippen LogP contribution in [0.5, 0.6) is 11.5 Å². The average Bonchev–Trinajstić information content (AvgIpc) is 3.14. The third-order valence-electron chi connectivity index (χ3n) is 4.05. The molecular weight excluding hydrogens is 312 g/mol. The van der Waals surface area contributed by atoms with Gasteiger partial charge in [-0.3, -0.25) is 4.90 Å². The van der Waals surface area contributed by atoms with Crippen molar-refractivity contribution in [1.82, 2.24) is 9.88 Å². The van der Waals surface area contributed by atoms with Crippen LogP contribution < -0.4 is 9.47 Å². The normalized spacial score (nSPS) is 24.1. The summed E-state index contributed by atoms with van der Waals surface area (Å²) in [5.74, 6) is 1.61. The van der Waals surface area contributed by atoms with Gasteiger partial charge in [0, 0.05) is 30.6 Å². The lowest BCUT2D eigenvalue weighted by Gasteiger charge is -2.34. The number of hydrogen-bond acceptors (Lipinski definition) is 6. The van der Waals surface area contributed by atoms with Crippen LogP contribution in [0.4, 0.5) is 0 Å². The number of rotatable bonds is 3. The van der Waals surface area contributed by atoms with Gasteiger partial charge in [0.05, 0.1) is 17.9 Å². The first kappa shape index (κ1) is 14.9. The van der Waals surface area contributed by atoms with Gasteiger partial charge in [-0.15, -0.1) is 11.3 Å². The fourth-order valence-corrected chi connectivity index (χ4v) is 3.99. The summed E-state index contributed by atoms with van der Waals surface area (Å²) in [7, 11) is 0. The Hall–Kier alpha value is -1.63. The molecule has 2 aromatic rings. The largest absolute Gasteiger partial charge is 0.454 e. The van der Waals surface area contributed by atoms with Crippen LogP contribution in [0.15, 0.2) is 23.6 Å². The second-order valence-electron chi connectivity index (χ2n) is 6.16. The molecule has 6 heteroatoms. The van der Waals surface area contributed by atoms with Gasteiger partial charge < -0.3 is 14.2 Å². The average molecular weight is 332 g/mol. The molecule has 0 unspecified atom stereocenters. The number of thiazole rings is 1. The van der Waals surface area contributed by atoms with Crippen LogP contribution in [0.1, 0.15) is 19.5 Å². The molecule has 1 aromatic heterocycles. The first-order valence-corrected chi connectivity index (χ1v) is 8.77. The Morgan fingerprint density at radius 1 is 1.17 bits per heavy atom. The van der Waals surface area contributed by atoms with Gasteiger partial charge >= 0.3 is 0 Å². The first-order valence-electron chi connectivity index (χ1n) is 7.89. The first-order chi connectivity index (χ1) is 11.2. The molecule has 122 valence electrons. The Kier molecular flexibility index (Phi) is 3.97. The molecule has 1 aromatic carbocycles. The van der Waals surface area contributed by atoms with Crippen LogP contribution in [-0.2, 0) is 11.3 Å². The molecule has 1 saturated heterocycles. The lowest BCUT2D eigenvalue weighted by molar-refractivity contribution is -0.0707. The summed E-state index contributed by atoms with van der Waals surface area (Å²) in [6.07, 6.45) is 0.566. The zero-order chi connectivity index (χ0) is 15.8. The van der Waals surface area contributed by atoms with E-state index < -0.39 is 0 Å². The Labute approximate surface area is 139 Å². The molecular formula is C17H20N2O3S. The van der Waals surface area contributed by atoms with Crippen molar-refractivity contribution in [3.63, 3.8) is 0 Å². The fourth-order valence-electron chi connectivity index (χ4n) is 3.18. The number of aromatic nitrogens is 1. The van der Waals surface area contributed by atoms with Crippen LogP contribution in [-0.4, -0.2) is 42.0 Å². The van der Waals surface area contributed by atoms with Crippen LogP contribution in [0, 0.1) is 0 Å². The van der Waals surface area contributed by atoms with E-state index in [1.165, 1.54) is 0 Å². The van der Waals surface area contributed by atoms with Gasteiger partial charge in [-0.2, -0.15) is 0 Å². The van der Waals surface area contributed by atoms with Gasteiger partial charge in [0.25, 0.3) is 0 Å². The highest BCUT2D eigenvalue weighted by atomic mass is 32.1. The minimum absolute atomic E-state index is 0.283. The van der Waals surface area contributed by atoms with E-state index in [0.29, 0.717) is 6.79 Å². The maximum Gasteiger partial charge on any atom is 0.231 e. The van der Waals surface area contributed by atoms with Gasteiger partial charge in [-0.05, 0) is 32.0 Å². The topological polar surface area (TPSA) is 43.8 Å². The van der Waals surface area contributed by atoms with Crippen molar-refractivity contribution < 1.29 is 14.2 Å². The lowest BCUT2D eigenvalue weighted by atomic mass is 10.2. The Morgan fingerprint density at radius 2 is 1.96 bits per heavy atom. The van der Waals surface area contributed by atoms with Gasteiger partial charge in [0.2, 0.25) is 6.79 Å². The van der Waals surface area contributed by atoms with Crippen molar-refractivity contribution in [2.24, 2.45) is 0 Å². The van der Waals surface area contributed by atoms with Crippen LogP contribution in [0.25, 0.3) is 10.6 Å². The predicted octanol–water partition coefficient (Wildman–Crippen LogP) is 3.15. The summed E-state index contributed by atoms with van der Waals surface area (Å²) in [6, 6.07) is 5.99. The van der Waals surface area contributed by atoms with Crippen molar-refractivity contribution in [2.45, 2.75) is 32.6 Å². The highest BCUT2D eigenvalue weighted by Crippen LogP contribution is 2.36. The third-order valence-corrected chi connectivity index (χ3v) is 4.99. The molecule has 0 bridgehead atoms. The summed E-state index contributed by atoms with van der Waals surface area (Å²) in [5.41, 5.74) is 2.19. The van der Waals surface area contributed by atoms with E-state index in [4.69, 9.17) is 19.2 Å². The zero-order valence-electron chi connectivity index (χ0n) is 13.3. The van der Waals surface area contributed by atoms with E-state index in [0.717, 1.165) is 47.4 Å². The molecule has 0 N–H and O–H groups in total. The molecule has 4 rings (SSSR count). The van der Waals surface area contributed by atoms with Gasteiger partial charge in [0.1, 0.15) is 5.01 Å². The van der Waals surface area contributed by atoms with Crippen molar-refractivity contribution in [3.8, 4) is 22.1 Å². The number of benzene rings is 1. The minimum Gasteiger partial charge on any atom is -0.454 e. The Bertz CT molecular complexity index is 693. The van der Waals surface area contributed by atoms with Crippen LogP contribution in [0.2, 0.25) is 0 Å². The molecule has 3 heterocycles. The molecule has 0 spiro atoms. The van der Waals surface area contributed by atoms with E-state index in [1.807, 2.05) is 18.2 Å². The molecule has 5 nitrogen and oxygen atoms in total. The SMILES string of the molecule is C[C@@H]1CN(Cc2csc(-c3ccc4c(c3)OCO4)n2)C[C@@H](C)O1. The Balaban J connectivity index is 1.48. The summed E-state index contributed by atoms with van der Waals surface area (Å²) in [5, 5.41) is 3.16. The molecule has 2 aliphatic heterocycles. The van der Waals surface area contributed by atoms with Gasteiger partial charge in [-0.1, -0.05) is 0 Å². The van der Waals surface area contributed by atoms with E-state index in [9.17, 15) is 0 Å². The smallest absolute Gasteiger partial charge is 0.231 e. The van der Waals surface area contributed by atoms with Gasteiger partial charge in [0.15, 0.2) is 11.5 Å². The molecule has 0 aliphatic carbocycles. The van der Waals surface area contributed by atoms with Crippen LogP contribution >= 0.6 is 11.3 Å². The number of morpholine rings is 1. The monoisotopic (exact) mass is 332 g/mol. The lowest BCUT2D eigenvalue weighted by Crippen LogP contribution is -2.44. The molecule has 1 fully saturated rings. The number of hydrogen-bond donors (Lipinski definition) is 0. The minimum atomic E-state index is 0.283. The zero-order valence-corrected chi connectivity index (χ0v) is 14.1. The second kappa shape index (κ2) is 6.11. The van der Waals surface area contributed by atoms with E-state index in [2.05, 4.69) is 24.1 Å². The standard InChI is InChI=1S/C17H20N2O3S/c1-11-6-19(7-12(2)22-11)8-14-9-23-17(18-14)13-3-4-15-16(5-13)21-10-20-15/h3-5,9,11-12H,6-8,10H2,1-2H3/t11-,12-/m1/s1. The van der Waals surface area contributed by atoms with E-state index in [1.54, 1.807) is 11.3 Å². The summed E-state index contributed by atoms with van der Waals surface area (Å²) in [6.45, 7) is 7.35. The number of fused-ring (bicyclic) bond motifs is 1. The summed E-state index contributed by atoms with van der Waals surface area (Å²) in [4.78, 5) is 7.20. The van der Waals surface area contributed by atoms with Crippen molar-refractivity contribution in [1.29, 1.82) is 0 Å². The summed E-state index contributed by atoms with van der Waals surface area (Å²) >= 11 is 1.67. The molecule has 23 heavy (non-hydrogen) atoms. The number of ether oxygens (including phenoxy) is 3. The molecule has 0 saturated carbocycles. The van der Waals surface area contributed by atoms with Crippen molar-refractivity contribution in [2.75, 3.05) is 19.9 Å². The third kappa shape index (κ3) is 3.20. The number of nitrogens with zero attached hydrogens (tertiary/aromatic N) is 2. The van der Waals surface area contributed by atoms with E-state index in [-0.39, 0.29) is 12.2 Å².